The van der Waals surface area contributed by atoms with E-state index in [0.29, 0.717) is 5.88 Å². The maximum Gasteiger partial charge on any atom is 0.220 e. The third kappa shape index (κ3) is 1.59. The van der Waals surface area contributed by atoms with Gasteiger partial charge in [0.15, 0.2) is 0 Å². The van der Waals surface area contributed by atoms with E-state index in [1.165, 1.54) is 5.46 Å². The van der Waals surface area contributed by atoms with Gasteiger partial charge in [-0.15, -0.1) is 0 Å². The Morgan fingerprint density at radius 1 is 1.18 bits per heavy atom. The quantitative estimate of drug-likeness (QED) is 0.694. The Morgan fingerprint density at radius 2 is 1.95 bits per heavy atom. The van der Waals surface area contributed by atoms with Crippen molar-refractivity contribution in [1.29, 1.82) is 0 Å². The van der Waals surface area contributed by atoms with Crippen molar-refractivity contribution < 1.29 is 9.84 Å². The molecule has 1 N–H and O–H groups in total. The van der Waals surface area contributed by atoms with Gasteiger partial charge in [-0.1, -0.05) is 41.9 Å². The molecule has 4 heteroatoms. The molecule has 3 aromatic rings. The molecule has 0 aliphatic heterocycles. The summed E-state index contributed by atoms with van der Waals surface area (Å²) in [4.78, 5) is 4.60. The fourth-order valence-electron chi connectivity index (χ4n) is 3.49. The normalized spacial score (nSPS) is 19.0. The van der Waals surface area contributed by atoms with Crippen LogP contribution in [0.15, 0.2) is 42.5 Å². The van der Waals surface area contributed by atoms with Gasteiger partial charge in [0.05, 0.1) is 18.2 Å². The van der Waals surface area contributed by atoms with E-state index in [9.17, 15) is 5.11 Å². The highest BCUT2D eigenvalue weighted by molar-refractivity contribution is 6.33. The molecule has 0 amide bonds. The number of rotatable bonds is 1. The lowest BCUT2D eigenvalue weighted by atomic mass is 9.91. The predicted octanol–water partition coefficient (Wildman–Crippen LogP) is 1.74. The summed E-state index contributed by atoms with van der Waals surface area (Å²) in [6.45, 7) is 1.81. The molecule has 0 saturated heterocycles. The molecule has 1 atom stereocenters. The first-order chi connectivity index (χ1) is 10.5. The average molecular weight is 289 g/mol. The Kier molecular flexibility index (Phi) is 2.63. The van der Waals surface area contributed by atoms with Gasteiger partial charge >= 0.3 is 0 Å². The molecule has 22 heavy (non-hydrogen) atoms. The van der Waals surface area contributed by atoms with Gasteiger partial charge in [0.1, 0.15) is 13.4 Å². The first-order valence-electron chi connectivity index (χ1n) is 7.35. The first-order valence-corrected chi connectivity index (χ1v) is 7.35. The SMILES string of the molecule is Bc1ccc2nc(OC)c3c(c2c1)-c1ccccc1C3(C)O. The molecule has 2 aromatic carbocycles. The summed E-state index contributed by atoms with van der Waals surface area (Å²) in [5.74, 6) is 0.493. The molecule has 1 aliphatic rings. The Labute approximate surface area is 130 Å². The van der Waals surface area contributed by atoms with Crippen LogP contribution in [0.5, 0.6) is 5.88 Å². The number of ether oxygens (including phenoxy) is 1. The number of methoxy groups -OCH3 is 1. The summed E-state index contributed by atoms with van der Waals surface area (Å²) in [6.07, 6.45) is 0. The lowest BCUT2D eigenvalue weighted by Gasteiger charge is -2.21. The minimum Gasteiger partial charge on any atom is -0.481 e. The number of fused-ring (bicyclic) bond motifs is 5. The molecule has 1 heterocycles. The number of nitrogens with zero attached hydrogens (tertiary/aromatic N) is 1. The van der Waals surface area contributed by atoms with E-state index >= 15 is 0 Å². The van der Waals surface area contributed by atoms with Gasteiger partial charge in [0.2, 0.25) is 5.88 Å². The number of hydrogen-bond acceptors (Lipinski definition) is 3. The van der Waals surface area contributed by atoms with Gasteiger partial charge in [-0.05, 0) is 24.1 Å². The maximum absolute atomic E-state index is 11.1. The molecule has 0 bridgehead atoms. The van der Waals surface area contributed by atoms with Gasteiger partial charge in [-0.2, -0.15) is 0 Å². The molecule has 0 saturated carbocycles. The summed E-state index contributed by atoms with van der Waals surface area (Å²) in [5.41, 5.74) is 4.71. The van der Waals surface area contributed by atoms with E-state index in [1.807, 2.05) is 37.3 Å². The zero-order valence-electron chi connectivity index (χ0n) is 12.8. The van der Waals surface area contributed by atoms with Crippen LogP contribution >= 0.6 is 0 Å². The van der Waals surface area contributed by atoms with Crippen molar-refractivity contribution in [1.82, 2.24) is 4.98 Å². The van der Waals surface area contributed by atoms with Crippen molar-refractivity contribution in [3.8, 4) is 17.0 Å². The van der Waals surface area contributed by atoms with E-state index in [4.69, 9.17) is 4.74 Å². The second-order valence-corrected chi connectivity index (χ2v) is 6.01. The summed E-state index contributed by atoms with van der Waals surface area (Å²) >= 11 is 0. The smallest absolute Gasteiger partial charge is 0.220 e. The molecule has 0 radical (unpaired) electrons. The Balaban J connectivity index is 2.24. The van der Waals surface area contributed by atoms with Crippen LogP contribution in [0.2, 0.25) is 0 Å². The average Bonchev–Trinajstić information content (AvgIpc) is 2.76. The lowest BCUT2D eigenvalue weighted by Crippen LogP contribution is -2.20. The molecular formula is C18H16BNO2. The van der Waals surface area contributed by atoms with Crippen LogP contribution < -0.4 is 10.2 Å². The molecule has 1 unspecified atom stereocenters. The van der Waals surface area contributed by atoms with Crippen LogP contribution in [0.3, 0.4) is 0 Å². The van der Waals surface area contributed by atoms with Gasteiger partial charge in [-0.25, -0.2) is 4.98 Å². The van der Waals surface area contributed by atoms with Gasteiger partial charge in [-0.3, -0.25) is 0 Å². The molecule has 4 rings (SSSR count). The highest BCUT2D eigenvalue weighted by atomic mass is 16.5. The zero-order chi connectivity index (χ0) is 15.5. The lowest BCUT2D eigenvalue weighted by molar-refractivity contribution is 0.103. The van der Waals surface area contributed by atoms with Crippen LogP contribution in [0.1, 0.15) is 18.1 Å². The minimum absolute atomic E-state index is 0.493. The number of pyridine rings is 1. The van der Waals surface area contributed by atoms with Crippen LogP contribution in [0.4, 0.5) is 0 Å². The second-order valence-electron chi connectivity index (χ2n) is 6.01. The monoisotopic (exact) mass is 289 g/mol. The fourth-order valence-corrected chi connectivity index (χ4v) is 3.49. The summed E-state index contributed by atoms with van der Waals surface area (Å²) in [6, 6.07) is 14.1. The Hall–Kier alpha value is -2.33. The fraction of sp³-hybridized carbons (Fsp3) is 0.167. The molecule has 3 nitrogen and oxygen atoms in total. The van der Waals surface area contributed by atoms with Crippen molar-refractivity contribution in [2.45, 2.75) is 12.5 Å². The van der Waals surface area contributed by atoms with Crippen molar-refractivity contribution in [2.75, 3.05) is 7.11 Å². The van der Waals surface area contributed by atoms with Gasteiger partial charge < -0.3 is 9.84 Å². The standard InChI is InChI=1S/C18H16BNO2/c1-18(21)13-6-4-3-5-11(13)15-12-9-10(19)7-8-14(12)20-17(22-2)16(15)18/h3-9,21H,19H2,1-2H3. The van der Waals surface area contributed by atoms with E-state index in [1.54, 1.807) is 7.11 Å². The van der Waals surface area contributed by atoms with Crippen LogP contribution in [-0.2, 0) is 5.60 Å². The number of benzene rings is 2. The molecule has 0 spiro atoms. The summed E-state index contributed by atoms with van der Waals surface area (Å²) in [5, 5.41) is 12.2. The van der Waals surface area contributed by atoms with E-state index in [2.05, 4.69) is 25.0 Å². The molecule has 108 valence electrons. The summed E-state index contributed by atoms with van der Waals surface area (Å²) in [7, 11) is 3.66. The maximum atomic E-state index is 11.1. The number of aromatic nitrogens is 1. The zero-order valence-corrected chi connectivity index (χ0v) is 12.8. The highest BCUT2D eigenvalue weighted by Crippen LogP contribution is 2.52. The Bertz CT molecular complexity index is 918. The van der Waals surface area contributed by atoms with E-state index in [0.717, 1.165) is 33.2 Å². The van der Waals surface area contributed by atoms with Crippen molar-refractivity contribution in [3.63, 3.8) is 0 Å². The summed E-state index contributed by atoms with van der Waals surface area (Å²) < 4.78 is 5.49. The largest absolute Gasteiger partial charge is 0.481 e. The highest BCUT2D eigenvalue weighted by Gasteiger charge is 2.41. The van der Waals surface area contributed by atoms with Crippen LogP contribution in [0.25, 0.3) is 22.0 Å². The van der Waals surface area contributed by atoms with Crippen molar-refractivity contribution in [3.05, 3.63) is 53.6 Å². The van der Waals surface area contributed by atoms with Gasteiger partial charge in [0, 0.05) is 10.9 Å². The second kappa shape index (κ2) is 4.34. The number of hydrogen-bond donors (Lipinski definition) is 1. The van der Waals surface area contributed by atoms with E-state index in [-0.39, 0.29) is 0 Å². The van der Waals surface area contributed by atoms with Gasteiger partial charge in [0.25, 0.3) is 0 Å². The predicted molar refractivity (Wildman–Crippen MR) is 90.6 cm³/mol. The molecule has 1 aromatic heterocycles. The number of aliphatic hydroxyl groups is 1. The van der Waals surface area contributed by atoms with Crippen molar-refractivity contribution >= 4 is 24.2 Å². The van der Waals surface area contributed by atoms with Crippen molar-refractivity contribution in [2.24, 2.45) is 0 Å². The van der Waals surface area contributed by atoms with Crippen LogP contribution in [-0.4, -0.2) is 25.0 Å². The minimum atomic E-state index is -1.10. The van der Waals surface area contributed by atoms with Crippen LogP contribution in [0, 0.1) is 0 Å². The molecule has 0 fully saturated rings. The Morgan fingerprint density at radius 3 is 2.73 bits per heavy atom. The molecule has 1 aliphatic carbocycles. The topological polar surface area (TPSA) is 42.4 Å². The third-order valence-electron chi connectivity index (χ3n) is 4.51. The first kappa shape index (κ1) is 13.3. The van der Waals surface area contributed by atoms with E-state index < -0.39 is 5.60 Å². The third-order valence-corrected chi connectivity index (χ3v) is 4.51. The molecular weight excluding hydrogens is 273 g/mol.